The van der Waals surface area contributed by atoms with Crippen molar-refractivity contribution in [3.05, 3.63) is 54.1 Å². The molecule has 1 heterocycles. The van der Waals surface area contributed by atoms with Gasteiger partial charge in [-0.25, -0.2) is 9.78 Å². The van der Waals surface area contributed by atoms with E-state index in [0.29, 0.717) is 26.4 Å². The molecule has 4 atom stereocenters. The molecule has 0 saturated carbocycles. The van der Waals surface area contributed by atoms with Gasteiger partial charge in [0.1, 0.15) is 6.04 Å². The van der Waals surface area contributed by atoms with Gasteiger partial charge in [-0.3, -0.25) is 28.8 Å². The first-order chi connectivity index (χ1) is 21.5. The third-order valence-electron chi connectivity index (χ3n) is 6.34. The van der Waals surface area contributed by atoms with E-state index >= 15 is 0 Å². The van der Waals surface area contributed by atoms with Gasteiger partial charge in [-0.1, -0.05) is 57.5 Å². The highest BCUT2D eigenvalue weighted by molar-refractivity contribution is 7.36. The highest BCUT2D eigenvalue weighted by Gasteiger charge is 2.31. The maximum atomic E-state index is 13.4. The molecule has 1 aromatic heterocycles. The molecule has 0 aliphatic heterocycles. The predicted octanol–water partition coefficient (Wildman–Crippen LogP) is -0.190. The molecule has 5 amide bonds. The summed E-state index contributed by atoms with van der Waals surface area (Å²) in [5.74, 6) is -6.06. The number of carbonyl (C=O) groups is 7. The average molecular weight is 646 g/mol. The number of aliphatic carboxylic acids is 1. The van der Waals surface area contributed by atoms with Crippen LogP contribution in [0.2, 0.25) is 0 Å². The number of amides is 5. The molecule has 0 spiro atoms. The van der Waals surface area contributed by atoms with E-state index in [1.165, 1.54) is 12.1 Å². The molecule has 15 nitrogen and oxygen atoms in total. The molecular weight excluding hydrogens is 605 g/mol. The van der Waals surface area contributed by atoms with Gasteiger partial charge in [0.25, 0.3) is 5.91 Å². The van der Waals surface area contributed by atoms with Gasteiger partial charge in [0.2, 0.25) is 29.4 Å². The molecule has 0 fully saturated rings. The van der Waals surface area contributed by atoms with Crippen molar-refractivity contribution in [3.8, 4) is 0 Å². The van der Waals surface area contributed by atoms with Gasteiger partial charge in [-0.2, -0.15) is 0 Å². The number of carbonyl (C=O) groups excluding carboxylic acids is 6. The fourth-order valence-electron chi connectivity index (χ4n) is 4.09. The lowest BCUT2D eigenvalue weighted by Gasteiger charge is -2.22. The molecule has 0 saturated heterocycles. The second-order valence-electron chi connectivity index (χ2n) is 9.88. The Morgan fingerprint density at radius 1 is 0.867 bits per heavy atom. The number of aromatic nitrogens is 2. The quantitative estimate of drug-likeness (QED) is 0.0880. The highest BCUT2D eigenvalue weighted by Crippen LogP contribution is 2.15. The molecule has 2 aromatic rings. The van der Waals surface area contributed by atoms with Crippen molar-refractivity contribution in [1.82, 2.24) is 35.9 Å². The summed E-state index contributed by atoms with van der Waals surface area (Å²) in [7, 11) is 0.441. The summed E-state index contributed by atoms with van der Waals surface area (Å²) in [6.45, 7) is 4.32. The lowest BCUT2D eigenvalue weighted by atomic mass is 10.0. The van der Waals surface area contributed by atoms with Crippen LogP contribution in [0.5, 0.6) is 0 Å². The van der Waals surface area contributed by atoms with Gasteiger partial charge < -0.3 is 36.0 Å². The Balaban J connectivity index is 2.08. The molecule has 6 N–H and O–H groups in total. The third-order valence-corrected chi connectivity index (χ3v) is 7.26. The van der Waals surface area contributed by atoms with Crippen molar-refractivity contribution >= 4 is 50.0 Å². The van der Waals surface area contributed by atoms with Crippen LogP contribution in [0.15, 0.2) is 42.9 Å². The molecule has 244 valence electrons. The molecule has 2 rings (SSSR count). The van der Waals surface area contributed by atoms with Crippen LogP contribution in [-0.2, 0) is 40.0 Å². The van der Waals surface area contributed by atoms with Crippen LogP contribution in [-0.4, -0.2) is 87.1 Å². The summed E-state index contributed by atoms with van der Waals surface area (Å²) >= 11 is 0. The topological polar surface area (TPSA) is 218 Å². The Morgan fingerprint density at radius 3 is 2.16 bits per heavy atom. The molecule has 16 heteroatoms. The Kier molecular flexibility index (Phi) is 15.3. The van der Waals surface area contributed by atoms with E-state index in [2.05, 4.69) is 31.6 Å². The number of benzene rings is 1. The smallest absolute Gasteiger partial charge is 0.330 e. The van der Waals surface area contributed by atoms with Crippen LogP contribution in [0.4, 0.5) is 0 Å². The molecule has 1 aromatic carbocycles. The van der Waals surface area contributed by atoms with Crippen LogP contribution < -0.4 is 26.6 Å². The summed E-state index contributed by atoms with van der Waals surface area (Å²) in [6.07, 6.45) is 4.87. The minimum atomic E-state index is -1.37. The van der Waals surface area contributed by atoms with E-state index in [-0.39, 0.29) is 31.7 Å². The van der Waals surface area contributed by atoms with Gasteiger partial charge in [0.15, 0.2) is 6.04 Å². The first-order valence-corrected chi connectivity index (χ1v) is 15.7. The molecule has 45 heavy (non-hydrogen) atoms. The van der Waals surface area contributed by atoms with E-state index in [4.69, 9.17) is 0 Å². The lowest BCUT2D eigenvalue weighted by molar-refractivity contribution is -0.142. The van der Waals surface area contributed by atoms with E-state index < -0.39 is 60.1 Å². The van der Waals surface area contributed by atoms with Crippen molar-refractivity contribution < 1.29 is 38.7 Å². The maximum absolute atomic E-state index is 13.4. The monoisotopic (exact) mass is 645 g/mol. The van der Waals surface area contributed by atoms with Crippen molar-refractivity contribution in [2.24, 2.45) is 0 Å². The van der Waals surface area contributed by atoms with Gasteiger partial charge in [-0.05, 0) is 26.9 Å². The zero-order valence-corrected chi connectivity index (χ0v) is 26.4. The van der Waals surface area contributed by atoms with Crippen molar-refractivity contribution in [3.63, 3.8) is 0 Å². The summed E-state index contributed by atoms with van der Waals surface area (Å²) in [4.78, 5) is 91.5. The number of hydrogen-bond donors (Lipinski definition) is 6. The van der Waals surface area contributed by atoms with E-state index in [1.54, 1.807) is 44.6 Å². The Bertz CT molecular complexity index is 1350. The number of carboxylic acid groups (broad SMARTS) is 1. The second-order valence-corrected chi connectivity index (χ2v) is 11.4. The third kappa shape index (κ3) is 12.5. The van der Waals surface area contributed by atoms with Crippen LogP contribution in [0.1, 0.15) is 57.3 Å². The Labute approximate surface area is 262 Å². The van der Waals surface area contributed by atoms with Crippen molar-refractivity contribution in [2.45, 2.75) is 64.6 Å². The minimum absolute atomic E-state index is 0.0218. The van der Waals surface area contributed by atoms with Crippen molar-refractivity contribution in [2.75, 3.05) is 19.3 Å². The fraction of sp³-hybridized carbons (Fsp3) is 0.448. The largest absolute Gasteiger partial charge is 0.479 e. The first kappa shape index (κ1) is 36.5. The standard InChI is InChI=1S/C29H40N7O8P/c1-4-10-20(26(40)28(42)31-15-24(39)35-25(29(43)44)18-11-8-7-9-12-18)34-27(41)21(33-23(38)14-30-22(37)5-2)13-19-16-36(17-32-19)45-6-3/h7-9,11-12,16-17,20-21,25,45H,4-6,10,13-15H2,1-3H3,(H,30,37)(H,31,42)(H,33,38)(H,34,41)(H,35,39)(H,43,44). The van der Waals surface area contributed by atoms with Crippen LogP contribution in [0.3, 0.4) is 0 Å². The first-order valence-electron chi connectivity index (χ1n) is 14.5. The fourth-order valence-corrected chi connectivity index (χ4v) is 4.83. The number of hydrogen-bond acceptors (Lipinski definition) is 8. The minimum Gasteiger partial charge on any atom is -0.479 e. The number of nitrogens with one attached hydrogen (secondary N) is 5. The van der Waals surface area contributed by atoms with Crippen molar-refractivity contribution in [1.29, 1.82) is 0 Å². The molecule has 0 aliphatic rings. The maximum Gasteiger partial charge on any atom is 0.330 e. The summed E-state index contributed by atoms with van der Waals surface area (Å²) in [6, 6.07) is 4.12. The van der Waals surface area contributed by atoms with Gasteiger partial charge >= 0.3 is 5.97 Å². The summed E-state index contributed by atoms with van der Waals surface area (Å²) < 4.78 is 1.86. The number of ketones is 1. The number of carboxylic acids is 1. The molecule has 0 bridgehead atoms. The average Bonchev–Trinajstić information content (AvgIpc) is 3.47. The van der Waals surface area contributed by atoms with Crippen LogP contribution in [0, 0.1) is 0 Å². The van der Waals surface area contributed by atoms with Crippen LogP contribution in [0.25, 0.3) is 0 Å². The highest BCUT2D eigenvalue weighted by atomic mass is 31.1. The molecular formula is C29H40N7O8P. The number of rotatable bonds is 19. The zero-order chi connectivity index (χ0) is 33.4. The number of Topliss-reactive ketones (excluding diaryl/α,β-unsaturated/α-hetero) is 1. The van der Waals surface area contributed by atoms with Gasteiger partial charge in [0, 0.05) is 19.0 Å². The molecule has 0 radical (unpaired) electrons. The number of imidazole rings is 1. The normalized spacial score (nSPS) is 12.9. The van der Waals surface area contributed by atoms with Gasteiger partial charge in [-0.15, -0.1) is 0 Å². The Morgan fingerprint density at radius 2 is 1.53 bits per heavy atom. The Hall–Kier alpha value is -4.65. The SMILES string of the molecule is CCCC(NC(=O)C(Cc1cn(PCC)cn1)NC(=O)CNC(=O)CC)C(=O)C(=O)NCC(=O)NC(C(=O)O)c1ccccc1. The van der Waals surface area contributed by atoms with Crippen LogP contribution >= 0.6 is 8.73 Å². The molecule has 0 aliphatic carbocycles. The predicted molar refractivity (Wildman–Crippen MR) is 165 cm³/mol. The van der Waals surface area contributed by atoms with E-state index in [0.717, 1.165) is 6.16 Å². The lowest BCUT2D eigenvalue weighted by Crippen LogP contribution is -2.55. The zero-order valence-electron chi connectivity index (χ0n) is 25.4. The van der Waals surface area contributed by atoms with E-state index in [9.17, 15) is 38.7 Å². The molecule has 4 unspecified atom stereocenters. The second kappa shape index (κ2) is 18.9. The van der Waals surface area contributed by atoms with E-state index in [1.807, 2.05) is 11.3 Å². The number of nitrogens with zero attached hydrogens (tertiary/aromatic N) is 2. The summed E-state index contributed by atoms with van der Waals surface area (Å²) in [5.41, 5.74) is 0.824. The summed E-state index contributed by atoms with van der Waals surface area (Å²) in [5, 5.41) is 21.5. The van der Waals surface area contributed by atoms with Gasteiger partial charge in [0.05, 0.1) is 31.2 Å².